The second-order valence-electron chi connectivity index (χ2n) is 10.6. The molecule has 1 saturated carbocycles. The summed E-state index contributed by atoms with van der Waals surface area (Å²) in [6.07, 6.45) is 3.36. The van der Waals surface area contributed by atoms with E-state index in [1.54, 1.807) is 6.07 Å². The van der Waals surface area contributed by atoms with Crippen LogP contribution in [0.3, 0.4) is 0 Å². The van der Waals surface area contributed by atoms with Crippen molar-refractivity contribution in [1.29, 1.82) is 0 Å². The Morgan fingerprint density at radius 2 is 1.86 bits per heavy atom. The van der Waals surface area contributed by atoms with Crippen molar-refractivity contribution in [1.82, 2.24) is 15.0 Å². The van der Waals surface area contributed by atoms with Gasteiger partial charge in [-0.15, -0.1) is 0 Å². The van der Waals surface area contributed by atoms with E-state index in [0.29, 0.717) is 29.3 Å². The maximum Gasteiger partial charge on any atom is 0.511 e. The van der Waals surface area contributed by atoms with Crippen LogP contribution in [0.2, 0.25) is 0 Å². The maximum absolute atomic E-state index is 12.4. The Morgan fingerprint density at radius 1 is 1.07 bits per heavy atom. The molecule has 0 bridgehead atoms. The highest BCUT2D eigenvalue weighted by atomic mass is 32.2. The van der Waals surface area contributed by atoms with Crippen LogP contribution < -0.4 is 20.1 Å². The van der Waals surface area contributed by atoms with E-state index < -0.39 is 28.0 Å². The Kier molecular flexibility index (Phi) is 8.24. The number of hydrogen-bond donors (Lipinski definition) is 3. The van der Waals surface area contributed by atoms with Gasteiger partial charge in [0.1, 0.15) is 23.0 Å². The molecule has 2 aromatic carbocycles. The number of halogens is 3. The molecule has 0 radical (unpaired) electrons. The van der Waals surface area contributed by atoms with Gasteiger partial charge in [0.15, 0.2) is 0 Å². The van der Waals surface area contributed by atoms with Gasteiger partial charge in [-0.3, -0.25) is 9.78 Å². The molecule has 3 N–H and O–H groups in total. The van der Waals surface area contributed by atoms with Gasteiger partial charge in [0.2, 0.25) is 0 Å². The van der Waals surface area contributed by atoms with Crippen LogP contribution in [-0.4, -0.2) is 43.7 Å². The number of sulfonamides is 1. The predicted molar refractivity (Wildman–Crippen MR) is 153 cm³/mol. The molecule has 1 fully saturated rings. The Hall–Kier alpha value is -3.97. The number of rotatable bonds is 9. The molecule has 1 aliphatic carbocycles. The number of aromatic nitrogens is 1. The minimum Gasteiger partial charge on any atom is -0.457 e. The summed E-state index contributed by atoms with van der Waals surface area (Å²) in [6.45, 7) is 3.30. The number of amides is 1. The van der Waals surface area contributed by atoms with E-state index in [1.165, 1.54) is 22.5 Å². The van der Waals surface area contributed by atoms with Gasteiger partial charge < -0.3 is 15.4 Å². The van der Waals surface area contributed by atoms with Crippen LogP contribution in [0.15, 0.2) is 65.8 Å². The molecule has 1 aliphatic heterocycles. The standard InChI is InChI=1S/C29H30F3N5O4S/c1-17(2)18-4-3-5-21(13-18)36-27-24-14-20(24)12-19-6-7-22(15-25(19)37-27)41-23-8-9-33-26(16-23)28(38)34-10-11-35-42(39,40)29(30,31)32/h3-9,13,15-17,20,24,35H,10-12,14H2,1-2H3,(H,34,38)(H,36,37). The monoisotopic (exact) mass is 601 g/mol. The van der Waals surface area contributed by atoms with Crippen LogP contribution in [0.4, 0.5) is 24.5 Å². The third-order valence-corrected chi connectivity index (χ3v) is 8.28. The molecule has 9 nitrogen and oxygen atoms in total. The molecular formula is C29H30F3N5O4S. The Labute approximate surface area is 241 Å². The Morgan fingerprint density at radius 3 is 2.62 bits per heavy atom. The summed E-state index contributed by atoms with van der Waals surface area (Å²) in [5.74, 6) is 2.37. The number of nitrogens with zero attached hydrogens (tertiary/aromatic N) is 2. The lowest BCUT2D eigenvalue weighted by atomic mass is 10.0. The van der Waals surface area contributed by atoms with E-state index in [4.69, 9.17) is 9.73 Å². The minimum absolute atomic E-state index is 0.0471. The summed E-state index contributed by atoms with van der Waals surface area (Å²) < 4.78 is 66.7. The fourth-order valence-electron chi connectivity index (χ4n) is 4.70. The van der Waals surface area contributed by atoms with E-state index in [9.17, 15) is 26.4 Å². The molecule has 42 heavy (non-hydrogen) atoms. The van der Waals surface area contributed by atoms with Crippen molar-refractivity contribution in [3.8, 4) is 11.5 Å². The van der Waals surface area contributed by atoms with Crippen LogP contribution in [0.1, 0.15) is 47.8 Å². The van der Waals surface area contributed by atoms with E-state index in [1.807, 2.05) is 30.3 Å². The number of carbonyl (C=O) groups excluding carboxylic acids is 1. The number of fused-ring (bicyclic) bond motifs is 2. The SMILES string of the molecule is CC(C)c1cccc(NC2=Nc3cc(Oc4ccnc(C(=O)NCCNS(=O)(=O)C(F)(F)F)c4)ccc3CC3CC23)c1. The summed E-state index contributed by atoms with van der Waals surface area (Å²) in [4.78, 5) is 21.4. The van der Waals surface area contributed by atoms with Crippen molar-refractivity contribution < 1.29 is 31.1 Å². The third kappa shape index (κ3) is 6.90. The molecule has 13 heteroatoms. The van der Waals surface area contributed by atoms with Gasteiger partial charge in [-0.2, -0.15) is 13.2 Å². The molecule has 2 unspecified atom stereocenters. The molecule has 3 aromatic rings. The lowest BCUT2D eigenvalue weighted by Crippen LogP contribution is -2.40. The minimum atomic E-state index is -5.49. The van der Waals surface area contributed by atoms with Gasteiger partial charge in [-0.25, -0.2) is 18.1 Å². The smallest absolute Gasteiger partial charge is 0.457 e. The molecule has 0 spiro atoms. The zero-order valence-corrected chi connectivity index (χ0v) is 23.7. The molecule has 222 valence electrons. The number of benzene rings is 2. The quantitative estimate of drug-likeness (QED) is 0.279. The number of nitrogens with one attached hydrogen (secondary N) is 3. The average Bonchev–Trinajstić information content (AvgIpc) is 3.72. The van der Waals surface area contributed by atoms with Crippen molar-refractivity contribution in [3.63, 3.8) is 0 Å². The summed E-state index contributed by atoms with van der Waals surface area (Å²) >= 11 is 0. The molecule has 1 aromatic heterocycles. The highest BCUT2D eigenvalue weighted by molar-refractivity contribution is 7.90. The van der Waals surface area contributed by atoms with Gasteiger partial charge in [0, 0.05) is 43.0 Å². The summed E-state index contributed by atoms with van der Waals surface area (Å²) in [6, 6.07) is 17.0. The lowest BCUT2D eigenvalue weighted by molar-refractivity contribution is -0.0447. The molecule has 2 atom stereocenters. The van der Waals surface area contributed by atoms with Crippen LogP contribution in [0.25, 0.3) is 0 Å². The molecule has 5 rings (SSSR count). The van der Waals surface area contributed by atoms with E-state index >= 15 is 0 Å². The highest BCUT2D eigenvalue weighted by Crippen LogP contribution is 2.47. The van der Waals surface area contributed by atoms with E-state index in [2.05, 4.69) is 41.6 Å². The number of carbonyl (C=O) groups is 1. The predicted octanol–water partition coefficient (Wildman–Crippen LogP) is 5.50. The van der Waals surface area contributed by atoms with Crippen LogP contribution >= 0.6 is 0 Å². The van der Waals surface area contributed by atoms with E-state index in [-0.39, 0.29) is 12.2 Å². The second-order valence-corrected chi connectivity index (χ2v) is 12.3. The first kappa shape index (κ1) is 29.5. The molecular weight excluding hydrogens is 571 g/mol. The summed E-state index contributed by atoms with van der Waals surface area (Å²) in [5.41, 5.74) is -1.30. The highest BCUT2D eigenvalue weighted by Gasteiger charge is 2.45. The van der Waals surface area contributed by atoms with Gasteiger partial charge in [0.25, 0.3) is 5.91 Å². The lowest BCUT2D eigenvalue weighted by Gasteiger charge is -2.13. The number of aliphatic imine (C=N–C) groups is 1. The summed E-state index contributed by atoms with van der Waals surface area (Å²) in [7, 11) is -5.49. The van der Waals surface area contributed by atoms with Gasteiger partial charge in [0.05, 0.1) is 5.69 Å². The van der Waals surface area contributed by atoms with Crippen molar-refractivity contribution >= 4 is 33.1 Å². The number of hydrogen-bond acceptors (Lipinski definition) is 7. The fraction of sp³-hybridized carbons (Fsp3) is 0.345. The van der Waals surface area contributed by atoms with Crippen molar-refractivity contribution in [3.05, 3.63) is 77.6 Å². The maximum atomic E-state index is 12.4. The number of ether oxygens (including phenoxy) is 1. The van der Waals surface area contributed by atoms with Crippen LogP contribution in [0.5, 0.6) is 11.5 Å². The van der Waals surface area contributed by atoms with Gasteiger partial charge in [-0.1, -0.05) is 32.0 Å². The molecule has 2 aliphatic rings. The van der Waals surface area contributed by atoms with Crippen LogP contribution in [-0.2, 0) is 16.4 Å². The number of alkyl halides is 3. The second kappa shape index (κ2) is 11.7. The average molecular weight is 602 g/mol. The van der Waals surface area contributed by atoms with Crippen LogP contribution in [0, 0.1) is 11.8 Å². The van der Waals surface area contributed by atoms with Gasteiger partial charge >= 0.3 is 15.5 Å². The van der Waals surface area contributed by atoms with Gasteiger partial charge in [-0.05, 0) is 60.1 Å². The fourth-order valence-corrected chi connectivity index (χ4v) is 5.23. The number of amidine groups is 1. The Balaban J connectivity index is 1.25. The first-order chi connectivity index (χ1) is 19.9. The first-order valence-electron chi connectivity index (χ1n) is 13.5. The van der Waals surface area contributed by atoms with Crippen molar-refractivity contribution in [2.45, 2.75) is 38.1 Å². The topological polar surface area (TPSA) is 122 Å². The number of anilines is 1. The third-order valence-electron chi connectivity index (χ3n) is 7.09. The molecule has 0 saturated heterocycles. The first-order valence-corrected chi connectivity index (χ1v) is 14.9. The number of pyridine rings is 1. The Bertz CT molecular complexity index is 1630. The molecule has 1 amide bonds. The molecule has 2 heterocycles. The van der Waals surface area contributed by atoms with E-state index in [0.717, 1.165) is 35.6 Å². The largest absolute Gasteiger partial charge is 0.511 e. The van der Waals surface area contributed by atoms with Crippen molar-refractivity contribution in [2.75, 3.05) is 18.4 Å². The summed E-state index contributed by atoms with van der Waals surface area (Å²) in [5, 5.41) is 5.87. The zero-order chi connectivity index (χ0) is 30.1. The zero-order valence-electron chi connectivity index (χ0n) is 22.9. The van der Waals surface area contributed by atoms with Crippen molar-refractivity contribution in [2.24, 2.45) is 16.8 Å². The normalized spacial score (nSPS) is 17.9.